The third-order valence-electron chi connectivity index (χ3n) is 10.6. The molecule has 0 saturated carbocycles. The number of alkyl carbamates (subject to hydrolysis) is 1. The molecule has 1 aliphatic rings. The summed E-state index contributed by atoms with van der Waals surface area (Å²) in [6.07, 6.45) is -1.60. The number of esters is 1. The van der Waals surface area contributed by atoms with Crippen molar-refractivity contribution in [3.8, 4) is 11.1 Å². The van der Waals surface area contributed by atoms with Crippen molar-refractivity contribution in [1.82, 2.24) is 15.5 Å². The average molecular weight is 823 g/mol. The van der Waals surface area contributed by atoms with E-state index in [2.05, 4.69) is 10.6 Å². The minimum Gasteiger partial charge on any atom is -0.458 e. The van der Waals surface area contributed by atoms with E-state index >= 15 is 0 Å². The molecule has 0 bridgehead atoms. The molecule has 0 saturated heterocycles. The quantitative estimate of drug-likeness (QED) is 0.0726. The Balaban J connectivity index is 1.38. The van der Waals surface area contributed by atoms with Crippen molar-refractivity contribution in [2.45, 2.75) is 76.6 Å². The molecule has 0 aromatic heterocycles. The lowest BCUT2D eigenvalue weighted by molar-refractivity contribution is -0.169. The lowest BCUT2D eigenvalue weighted by Crippen LogP contribution is -2.59. The van der Waals surface area contributed by atoms with Crippen LogP contribution in [0.15, 0.2) is 140 Å². The number of benzene rings is 5. The highest BCUT2D eigenvalue weighted by Gasteiger charge is 2.43. The van der Waals surface area contributed by atoms with Gasteiger partial charge in [-0.1, -0.05) is 153 Å². The number of nitrogens with zero attached hydrogens (tertiary/aromatic N) is 1. The van der Waals surface area contributed by atoms with Crippen LogP contribution in [0.4, 0.5) is 4.79 Å². The van der Waals surface area contributed by atoms with Crippen LogP contribution in [0, 0.1) is 5.92 Å². The summed E-state index contributed by atoms with van der Waals surface area (Å²) in [5, 5.41) is 5.85. The summed E-state index contributed by atoms with van der Waals surface area (Å²) in [5.41, 5.74) is 9.90. The Hall–Kier alpha value is -6.59. The smallest absolute Gasteiger partial charge is 0.407 e. The Morgan fingerprint density at radius 3 is 1.59 bits per heavy atom. The predicted octanol–water partition coefficient (Wildman–Crippen LogP) is 7.46. The van der Waals surface area contributed by atoms with Gasteiger partial charge >= 0.3 is 12.1 Å². The molecule has 2 atom stereocenters. The van der Waals surface area contributed by atoms with Crippen LogP contribution in [0.1, 0.15) is 81.2 Å². The third-order valence-corrected chi connectivity index (χ3v) is 10.6. The second-order valence-corrected chi connectivity index (χ2v) is 16.6. The van der Waals surface area contributed by atoms with Gasteiger partial charge in [-0.25, -0.2) is 9.59 Å². The SMILES string of the molecule is CC(C)C[C@@H](C(=O)OC(C)(C)C)N(C(=O)CN)C(=O)[C@H](CC(=O)NC(c1ccccc1)(c1ccccc1)c1ccccc1)NC(=O)OCC1c2ccccc2-c2ccccc21. The van der Waals surface area contributed by atoms with Crippen LogP contribution >= 0.6 is 0 Å². The molecule has 0 heterocycles. The van der Waals surface area contributed by atoms with Crippen LogP contribution in [0.25, 0.3) is 11.1 Å². The highest BCUT2D eigenvalue weighted by molar-refractivity contribution is 6.04. The second-order valence-electron chi connectivity index (χ2n) is 16.6. The van der Waals surface area contributed by atoms with E-state index in [1.807, 2.05) is 153 Å². The highest BCUT2D eigenvalue weighted by Crippen LogP contribution is 2.44. The van der Waals surface area contributed by atoms with Crippen molar-refractivity contribution in [3.05, 3.63) is 167 Å². The van der Waals surface area contributed by atoms with Gasteiger partial charge in [-0.2, -0.15) is 0 Å². The molecule has 11 heteroatoms. The Bertz CT molecular complexity index is 2180. The Kier molecular flexibility index (Phi) is 13.8. The number of carbonyl (C=O) groups is 5. The average Bonchev–Trinajstić information content (AvgIpc) is 3.57. The summed E-state index contributed by atoms with van der Waals surface area (Å²) in [6.45, 7) is 8.00. The van der Waals surface area contributed by atoms with Crippen LogP contribution in [-0.2, 0) is 34.2 Å². The Morgan fingerprint density at radius 1 is 0.689 bits per heavy atom. The van der Waals surface area contributed by atoms with E-state index in [9.17, 15) is 24.0 Å². The number of rotatable bonds is 15. The van der Waals surface area contributed by atoms with E-state index in [1.54, 1.807) is 20.8 Å². The number of hydrogen-bond acceptors (Lipinski definition) is 8. The lowest BCUT2D eigenvalue weighted by atomic mass is 9.77. The molecule has 0 spiro atoms. The fraction of sp³-hybridized carbons (Fsp3) is 0.300. The predicted molar refractivity (Wildman–Crippen MR) is 234 cm³/mol. The normalized spacial score (nSPS) is 13.3. The number of carbonyl (C=O) groups excluding carboxylic acids is 5. The summed E-state index contributed by atoms with van der Waals surface area (Å²) in [6, 6.07) is 40.9. The van der Waals surface area contributed by atoms with Gasteiger partial charge in [0.15, 0.2) is 0 Å². The first kappa shape index (κ1) is 44.0. The van der Waals surface area contributed by atoms with Crippen LogP contribution in [0.3, 0.4) is 0 Å². The van der Waals surface area contributed by atoms with Crippen molar-refractivity contribution in [1.29, 1.82) is 0 Å². The fourth-order valence-corrected chi connectivity index (χ4v) is 8.05. The number of nitrogens with one attached hydrogen (secondary N) is 2. The van der Waals surface area contributed by atoms with Gasteiger partial charge in [-0.3, -0.25) is 19.3 Å². The zero-order valence-electron chi connectivity index (χ0n) is 35.3. The standard InChI is InChI=1S/C50H54N4O7/c1-33(2)29-43(47(58)61-49(3,4)5)54(45(56)31-51)46(57)42(52-48(59)60-32-41-39-27-17-15-25-37(39)38-26-16-18-28-40(38)41)30-44(55)53-50(34-19-9-6-10-20-34,35-21-11-7-12-22-35)36-23-13-8-14-24-36/h6-28,33,41-43H,29-32,51H2,1-5H3,(H,52,59)(H,53,55)/t42-,43-/m0/s1. The molecule has 0 radical (unpaired) electrons. The summed E-state index contributed by atoms with van der Waals surface area (Å²) in [5.74, 6) is -3.84. The monoisotopic (exact) mass is 822 g/mol. The van der Waals surface area contributed by atoms with Crippen LogP contribution in [-0.4, -0.2) is 65.5 Å². The van der Waals surface area contributed by atoms with E-state index in [-0.39, 0.29) is 24.9 Å². The van der Waals surface area contributed by atoms with Gasteiger partial charge in [0.1, 0.15) is 29.8 Å². The first-order chi connectivity index (χ1) is 29.2. The minimum atomic E-state index is -1.69. The maximum atomic E-state index is 15.0. The summed E-state index contributed by atoms with van der Waals surface area (Å²) >= 11 is 0. The third kappa shape index (κ3) is 10.1. The maximum absolute atomic E-state index is 15.0. The van der Waals surface area contributed by atoms with E-state index in [0.29, 0.717) is 0 Å². The summed E-state index contributed by atoms with van der Waals surface area (Å²) in [7, 11) is 0. The van der Waals surface area contributed by atoms with Gasteiger partial charge in [0.25, 0.3) is 5.91 Å². The lowest BCUT2D eigenvalue weighted by Gasteiger charge is -2.37. The molecule has 5 aromatic carbocycles. The van der Waals surface area contributed by atoms with Gasteiger partial charge < -0.3 is 25.8 Å². The maximum Gasteiger partial charge on any atom is 0.407 e. The highest BCUT2D eigenvalue weighted by atomic mass is 16.6. The van der Waals surface area contributed by atoms with E-state index in [0.717, 1.165) is 43.8 Å². The van der Waals surface area contributed by atoms with Crippen LogP contribution < -0.4 is 16.4 Å². The fourth-order valence-electron chi connectivity index (χ4n) is 8.05. The topological polar surface area (TPSA) is 157 Å². The van der Waals surface area contributed by atoms with Crippen molar-refractivity contribution in [3.63, 3.8) is 0 Å². The summed E-state index contributed by atoms with van der Waals surface area (Å²) < 4.78 is 11.6. The number of ether oxygens (including phenoxy) is 2. The van der Waals surface area contributed by atoms with Crippen molar-refractivity contribution >= 4 is 29.8 Å². The second kappa shape index (κ2) is 19.2. The van der Waals surface area contributed by atoms with Gasteiger partial charge in [-0.15, -0.1) is 0 Å². The van der Waals surface area contributed by atoms with Crippen molar-refractivity contribution in [2.75, 3.05) is 13.2 Å². The van der Waals surface area contributed by atoms with E-state index < -0.39 is 66.0 Å². The van der Waals surface area contributed by atoms with Gasteiger partial charge in [0, 0.05) is 5.92 Å². The molecule has 11 nitrogen and oxygen atoms in total. The number of amides is 4. The number of nitrogens with two attached hydrogens (primary N) is 1. The summed E-state index contributed by atoms with van der Waals surface area (Å²) in [4.78, 5) is 72.0. The molecule has 61 heavy (non-hydrogen) atoms. The molecule has 0 aliphatic heterocycles. The zero-order chi connectivity index (χ0) is 43.7. The molecule has 0 fully saturated rings. The number of imide groups is 1. The Labute approximate surface area is 357 Å². The van der Waals surface area contributed by atoms with Crippen molar-refractivity contribution in [2.24, 2.45) is 11.7 Å². The minimum absolute atomic E-state index is 0.0371. The van der Waals surface area contributed by atoms with Crippen LogP contribution in [0.5, 0.6) is 0 Å². The van der Waals surface area contributed by atoms with Crippen molar-refractivity contribution < 1.29 is 33.4 Å². The van der Waals surface area contributed by atoms with Gasteiger partial charge in [-0.05, 0) is 72.1 Å². The number of hydrogen-bond donors (Lipinski definition) is 3. The first-order valence-electron chi connectivity index (χ1n) is 20.6. The van der Waals surface area contributed by atoms with Gasteiger partial charge in [0.2, 0.25) is 11.8 Å². The van der Waals surface area contributed by atoms with E-state index in [1.165, 1.54) is 0 Å². The van der Waals surface area contributed by atoms with Crippen LogP contribution in [0.2, 0.25) is 0 Å². The zero-order valence-corrected chi connectivity index (χ0v) is 35.3. The molecule has 4 N–H and O–H groups in total. The molecule has 5 aromatic rings. The largest absolute Gasteiger partial charge is 0.458 e. The molecule has 1 aliphatic carbocycles. The van der Waals surface area contributed by atoms with Gasteiger partial charge in [0.05, 0.1) is 13.0 Å². The molecule has 316 valence electrons. The first-order valence-corrected chi connectivity index (χ1v) is 20.6. The molecule has 4 amide bonds. The molecule has 6 rings (SSSR count). The number of fused-ring (bicyclic) bond motifs is 3. The Morgan fingerprint density at radius 2 is 1.15 bits per heavy atom. The van der Waals surface area contributed by atoms with E-state index in [4.69, 9.17) is 15.2 Å². The molecular formula is C50H54N4O7. The molecular weight excluding hydrogens is 769 g/mol. The molecule has 0 unspecified atom stereocenters.